The van der Waals surface area contributed by atoms with Crippen molar-refractivity contribution in [2.45, 2.75) is 13.3 Å². The molecule has 0 spiro atoms. The van der Waals surface area contributed by atoms with E-state index in [1.54, 1.807) is 0 Å². The van der Waals surface area contributed by atoms with Crippen LogP contribution in [0.4, 0.5) is 0 Å². The van der Waals surface area contributed by atoms with Crippen LogP contribution in [0.2, 0.25) is 0 Å². The molecule has 0 aromatic rings. The van der Waals surface area contributed by atoms with Crippen LogP contribution >= 0.6 is 0 Å². The van der Waals surface area contributed by atoms with Gasteiger partial charge in [0.25, 0.3) is 0 Å². The van der Waals surface area contributed by atoms with Crippen LogP contribution in [0.1, 0.15) is 13.3 Å². The van der Waals surface area contributed by atoms with Gasteiger partial charge in [-0.15, -0.1) is 0 Å². The van der Waals surface area contributed by atoms with Crippen molar-refractivity contribution >= 4 is 6.21 Å². The van der Waals surface area contributed by atoms with E-state index in [-0.39, 0.29) is 0 Å². The van der Waals surface area contributed by atoms with Gasteiger partial charge in [0, 0.05) is 13.3 Å². The molecule has 38 valence electrons. The van der Waals surface area contributed by atoms with Gasteiger partial charge in [-0.3, -0.25) is 0 Å². The minimum atomic E-state index is 1.18. The lowest BCUT2D eigenvalue weighted by molar-refractivity contribution is -0.441. The first-order valence-corrected chi connectivity index (χ1v) is 2.65. The average molecular weight is 96.2 g/mol. The second-order valence-electron chi connectivity index (χ2n) is 1.67. The maximum atomic E-state index is 2.18. The van der Waals surface area contributed by atoms with Crippen molar-refractivity contribution in [3.05, 3.63) is 12.3 Å². The Morgan fingerprint density at radius 2 is 2.57 bits per heavy atom. The van der Waals surface area contributed by atoms with E-state index in [4.69, 9.17) is 0 Å². The fraction of sp³-hybridized carbons (Fsp3) is 0.500. The topological polar surface area (TPSA) is 3.01 Å². The fourth-order valence-electron chi connectivity index (χ4n) is 0.723. The first-order valence-electron chi connectivity index (χ1n) is 2.65. The third-order valence-electron chi connectivity index (χ3n) is 1.18. The van der Waals surface area contributed by atoms with Crippen LogP contribution < -0.4 is 0 Å². The second-order valence-corrected chi connectivity index (χ2v) is 1.67. The Balaban J connectivity index is 2.59. The van der Waals surface area contributed by atoms with E-state index in [0.717, 1.165) is 0 Å². The summed E-state index contributed by atoms with van der Waals surface area (Å²) in [4.78, 5) is 0. The maximum absolute atomic E-state index is 2.18. The van der Waals surface area contributed by atoms with Gasteiger partial charge in [0.15, 0.2) is 12.7 Å². The highest BCUT2D eigenvalue weighted by atomic mass is 15.0. The Morgan fingerprint density at radius 3 is 2.86 bits per heavy atom. The second kappa shape index (κ2) is 1.92. The lowest BCUT2D eigenvalue weighted by Crippen LogP contribution is -1.98. The molecule has 0 fully saturated rings. The van der Waals surface area contributed by atoms with Crippen LogP contribution in [0.15, 0.2) is 12.3 Å². The van der Waals surface area contributed by atoms with Crippen molar-refractivity contribution in [1.82, 2.24) is 0 Å². The summed E-state index contributed by atoms with van der Waals surface area (Å²) in [6.07, 6.45) is 7.59. The molecule has 0 saturated carbocycles. The predicted octanol–water partition coefficient (Wildman–Crippen LogP) is 1.01. The average Bonchev–Trinajstić information content (AvgIpc) is 2.14. The summed E-state index contributed by atoms with van der Waals surface area (Å²) in [5, 5.41) is 0. The van der Waals surface area contributed by atoms with Crippen molar-refractivity contribution < 1.29 is 4.58 Å². The van der Waals surface area contributed by atoms with Gasteiger partial charge >= 0.3 is 0 Å². The van der Waals surface area contributed by atoms with Crippen LogP contribution in [-0.2, 0) is 0 Å². The first-order chi connectivity index (χ1) is 3.43. The minimum absolute atomic E-state index is 1.18. The van der Waals surface area contributed by atoms with Gasteiger partial charge in [0.1, 0.15) is 6.21 Å². The largest absolute Gasteiger partial charge is 0.209 e. The molecule has 0 unspecified atom stereocenters. The van der Waals surface area contributed by atoms with E-state index in [1.165, 1.54) is 13.0 Å². The summed E-state index contributed by atoms with van der Waals surface area (Å²) >= 11 is 0. The van der Waals surface area contributed by atoms with Gasteiger partial charge in [-0.2, -0.15) is 0 Å². The van der Waals surface area contributed by atoms with Gasteiger partial charge < -0.3 is 0 Å². The number of rotatable bonds is 0. The molecule has 0 saturated heterocycles. The zero-order valence-corrected chi connectivity index (χ0v) is 4.59. The van der Waals surface area contributed by atoms with E-state index in [1.807, 2.05) is 0 Å². The van der Waals surface area contributed by atoms with E-state index < -0.39 is 0 Å². The molecule has 1 aliphatic rings. The third kappa shape index (κ3) is 0.889. The summed E-state index contributed by atoms with van der Waals surface area (Å²) in [6.45, 7) is 3.23. The standard InChI is InChI=1S/C6H10N/c1-2-7-5-3-4-6-7/h2-3,5H,4,6H2,1H3/q+1. The zero-order valence-electron chi connectivity index (χ0n) is 4.59. The molecule has 0 atom stereocenters. The molecule has 0 aromatic carbocycles. The van der Waals surface area contributed by atoms with Crippen LogP contribution in [0.5, 0.6) is 0 Å². The van der Waals surface area contributed by atoms with Gasteiger partial charge in [-0.05, 0) is 6.08 Å². The van der Waals surface area contributed by atoms with Gasteiger partial charge in [0.2, 0.25) is 0 Å². The summed E-state index contributed by atoms with van der Waals surface area (Å²) in [5.74, 6) is 0. The molecule has 1 rings (SSSR count). The lowest BCUT2D eigenvalue weighted by Gasteiger charge is -1.80. The van der Waals surface area contributed by atoms with Crippen molar-refractivity contribution in [3.8, 4) is 0 Å². The van der Waals surface area contributed by atoms with E-state index in [9.17, 15) is 0 Å². The molecule has 0 aliphatic carbocycles. The Morgan fingerprint density at radius 1 is 1.71 bits per heavy atom. The first kappa shape index (κ1) is 4.57. The number of nitrogens with zero attached hydrogens (tertiary/aromatic N) is 1. The summed E-state index contributed by atoms with van der Waals surface area (Å²) in [5.41, 5.74) is 0. The zero-order chi connectivity index (χ0) is 5.11. The molecule has 0 amide bonds. The highest BCUT2D eigenvalue weighted by Crippen LogP contribution is 1.93. The summed E-state index contributed by atoms with van der Waals surface area (Å²) in [6, 6.07) is 0. The van der Waals surface area contributed by atoms with Gasteiger partial charge in [-0.1, -0.05) is 0 Å². The smallest absolute Gasteiger partial charge is 0.164 e. The van der Waals surface area contributed by atoms with E-state index in [2.05, 4.69) is 30.0 Å². The Labute approximate surface area is 44.0 Å². The lowest BCUT2D eigenvalue weighted by atomic mass is 10.5. The third-order valence-corrected chi connectivity index (χ3v) is 1.18. The Kier molecular flexibility index (Phi) is 1.25. The van der Waals surface area contributed by atoms with E-state index in [0.29, 0.717) is 0 Å². The maximum Gasteiger partial charge on any atom is 0.164 e. The van der Waals surface area contributed by atoms with Crippen LogP contribution in [0.3, 0.4) is 0 Å². The number of hydrogen-bond acceptors (Lipinski definition) is 0. The molecular weight excluding hydrogens is 86.1 g/mol. The van der Waals surface area contributed by atoms with Crippen molar-refractivity contribution in [2.24, 2.45) is 0 Å². The highest BCUT2D eigenvalue weighted by Gasteiger charge is 2.01. The van der Waals surface area contributed by atoms with Crippen molar-refractivity contribution in [1.29, 1.82) is 0 Å². The molecule has 0 bridgehead atoms. The molecular formula is C6H10N+. The van der Waals surface area contributed by atoms with Crippen LogP contribution in [-0.4, -0.2) is 17.3 Å². The molecule has 0 N–H and O–H groups in total. The monoisotopic (exact) mass is 96.1 g/mol. The molecule has 7 heavy (non-hydrogen) atoms. The summed E-state index contributed by atoms with van der Waals surface area (Å²) < 4.78 is 2.18. The molecule has 1 nitrogen and oxygen atoms in total. The Hall–Kier alpha value is -0.590. The van der Waals surface area contributed by atoms with Gasteiger partial charge in [-0.25, -0.2) is 4.58 Å². The molecule has 0 aromatic heterocycles. The Bertz CT molecular complexity index is 109. The van der Waals surface area contributed by atoms with Gasteiger partial charge in [0.05, 0.1) is 0 Å². The molecule has 1 aliphatic heterocycles. The van der Waals surface area contributed by atoms with Crippen LogP contribution in [0.25, 0.3) is 0 Å². The van der Waals surface area contributed by atoms with E-state index >= 15 is 0 Å². The summed E-state index contributed by atoms with van der Waals surface area (Å²) in [7, 11) is 0. The SMILES string of the molecule is CC=[N+]1C=CCC1. The fourth-order valence-corrected chi connectivity index (χ4v) is 0.723. The van der Waals surface area contributed by atoms with Crippen molar-refractivity contribution in [2.75, 3.05) is 6.54 Å². The number of hydrogen-bond donors (Lipinski definition) is 0. The molecule has 0 radical (unpaired) electrons. The highest BCUT2D eigenvalue weighted by molar-refractivity contribution is 5.47. The molecule has 1 heteroatoms. The normalized spacial score (nSPS) is 24.4. The molecule has 1 heterocycles. The predicted molar refractivity (Wildman–Crippen MR) is 30.6 cm³/mol. The quantitative estimate of drug-likeness (QED) is 0.396. The van der Waals surface area contributed by atoms with Crippen molar-refractivity contribution in [3.63, 3.8) is 0 Å². The van der Waals surface area contributed by atoms with Crippen LogP contribution in [0, 0.1) is 0 Å². The minimum Gasteiger partial charge on any atom is -0.209 e.